The Hall–Kier alpha value is -1.80. The van der Waals surface area contributed by atoms with Crippen molar-refractivity contribution in [3.05, 3.63) is 35.9 Å². The first kappa shape index (κ1) is 16.3. The van der Waals surface area contributed by atoms with Crippen molar-refractivity contribution in [1.29, 1.82) is 0 Å². The monoisotopic (exact) mass is 283 g/mol. The fraction of sp³-hybridized carbons (Fsp3) is 0.385. The number of rotatable bonds is 7. The Bertz CT molecular complexity index is 438. The van der Waals surface area contributed by atoms with E-state index < -0.39 is 36.9 Å². The largest absolute Gasteiger partial charge is 0.394 e. The molecule has 0 bridgehead atoms. The zero-order valence-electron chi connectivity index (χ0n) is 10.6. The molecule has 0 aromatic heterocycles. The highest BCUT2D eigenvalue weighted by atomic mass is 16.4. The van der Waals surface area contributed by atoms with E-state index in [1.807, 2.05) is 0 Å². The second-order valence-corrected chi connectivity index (χ2v) is 4.23. The summed E-state index contributed by atoms with van der Waals surface area (Å²) in [5, 5.41) is 39.3. The van der Waals surface area contributed by atoms with Gasteiger partial charge < -0.3 is 30.5 Å². The minimum absolute atomic E-state index is 0.249. The summed E-state index contributed by atoms with van der Waals surface area (Å²) in [7, 11) is 0. The molecule has 0 aliphatic carbocycles. The van der Waals surface area contributed by atoms with Crippen LogP contribution in [0, 0.1) is 0 Å². The third-order valence-corrected chi connectivity index (χ3v) is 2.78. The molecule has 1 rings (SSSR count). The van der Waals surface area contributed by atoms with E-state index in [1.54, 1.807) is 18.2 Å². The summed E-state index contributed by atoms with van der Waals surface area (Å²) in [5.41, 5.74) is 0.281. The predicted octanol–water partition coefficient (Wildman–Crippen LogP) is -1.94. The van der Waals surface area contributed by atoms with Crippen LogP contribution in [0.2, 0.25) is 0 Å². The third kappa shape index (κ3) is 4.10. The number of aliphatic hydroxyl groups excluding tert-OH is 4. The van der Waals surface area contributed by atoms with Gasteiger partial charge in [-0.2, -0.15) is 0 Å². The SMILES string of the molecule is O=C[C@H](NC(=O)c1ccccc1)[C@H](O)[C@H](O)[C@H](O)CO. The van der Waals surface area contributed by atoms with E-state index in [2.05, 4.69) is 5.32 Å². The van der Waals surface area contributed by atoms with Gasteiger partial charge in [0.2, 0.25) is 0 Å². The van der Waals surface area contributed by atoms with E-state index in [0.717, 1.165) is 0 Å². The average molecular weight is 283 g/mol. The summed E-state index contributed by atoms with van der Waals surface area (Å²) in [6.07, 6.45) is -4.85. The van der Waals surface area contributed by atoms with Crippen LogP contribution in [0.3, 0.4) is 0 Å². The maximum absolute atomic E-state index is 11.8. The minimum atomic E-state index is -1.76. The van der Waals surface area contributed by atoms with Crippen LogP contribution in [-0.4, -0.2) is 63.6 Å². The van der Waals surface area contributed by atoms with Gasteiger partial charge in [0, 0.05) is 5.56 Å². The molecule has 0 unspecified atom stereocenters. The molecule has 7 heteroatoms. The minimum Gasteiger partial charge on any atom is -0.394 e. The van der Waals surface area contributed by atoms with Gasteiger partial charge in [-0.25, -0.2) is 0 Å². The second kappa shape index (κ2) is 7.71. The van der Waals surface area contributed by atoms with E-state index in [0.29, 0.717) is 0 Å². The lowest BCUT2D eigenvalue weighted by Gasteiger charge is -2.26. The highest BCUT2D eigenvalue weighted by Gasteiger charge is 2.32. The van der Waals surface area contributed by atoms with Crippen LogP contribution < -0.4 is 5.32 Å². The Kier molecular flexibility index (Phi) is 6.26. The Balaban J connectivity index is 2.72. The lowest BCUT2D eigenvalue weighted by molar-refractivity contribution is -0.119. The quantitative estimate of drug-likeness (QED) is 0.370. The summed E-state index contributed by atoms with van der Waals surface area (Å²) in [5.74, 6) is -0.604. The van der Waals surface area contributed by atoms with E-state index >= 15 is 0 Å². The molecule has 0 heterocycles. The fourth-order valence-corrected chi connectivity index (χ4v) is 1.57. The summed E-state index contributed by atoms with van der Waals surface area (Å²) in [4.78, 5) is 22.7. The Labute approximate surface area is 115 Å². The molecule has 1 aromatic rings. The van der Waals surface area contributed by atoms with Gasteiger partial charge in [-0.15, -0.1) is 0 Å². The van der Waals surface area contributed by atoms with E-state index in [9.17, 15) is 24.9 Å². The van der Waals surface area contributed by atoms with Crippen LogP contribution in [0.15, 0.2) is 30.3 Å². The Morgan fingerprint density at radius 2 is 1.75 bits per heavy atom. The van der Waals surface area contributed by atoms with Gasteiger partial charge in [0.05, 0.1) is 6.61 Å². The van der Waals surface area contributed by atoms with Crippen LogP contribution in [0.25, 0.3) is 0 Å². The summed E-state index contributed by atoms with van der Waals surface area (Å²) in [6.45, 7) is -0.781. The highest BCUT2D eigenvalue weighted by molar-refractivity contribution is 5.95. The number of hydrogen-bond donors (Lipinski definition) is 5. The normalized spacial score (nSPS) is 16.8. The van der Waals surface area contributed by atoms with Gasteiger partial charge in [0.15, 0.2) is 0 Å². The van der Waals surface area contributed by atoms with Crippen molar-refractivity contribution in [2.45, 2.75) is 24.4 Å². The van der Waals surface area contributed by atoms with Crippen molar-refractivity contribution in [2.75, 3.05) is 6.61 Å². The second-order valence-electron chi connectivity index (χ2n) is 4.23. The molecule has 0 saturated carbocycles. The molecule has 1 aromatic carbocycles. The number of aliphatic hydroxyl groups is 4. The molecular formula is C13H17NO6. The first-order valence-corrected chi connectivity index (χ1v) is 5.97. The summed E-state index contributed by atoms with van der Waals surface area (Å²) < 4.78 is 0. The lowest BCUT2D eigenvalue weighted by Crippen LogP contribution is -2.53. The molecule has 0 aliphatic heterocycles. The predicted molar refractivity (Wildman–Crippen MR) is 68.9 cm³/mol. The Morgan fingerprint density at radius 1 is 1.15 bits per heavy atom. The number of hydrogen-bond acceptors (Lipinski definition) is 6. The molecular weight excluding hydrogens is 266 g/mol. The number of aldehydes is 1. The van der Waals surface area contributed by atoms with E-state index in [4.69, 9.17) is 5.11 Å². The Morgan fingerprint density at radius 3 is 2.25 bits per heavy atom. The van der Waals surface area contributed by atoms with Crippen molar-refractivity contribution < 1.29 is 30.0 Å². The topological polar surface area (TPSA) is 127 Å². The van der Waals surface area contributed by atoms with E-state index in [1.165, 1.54) is 12.1 Å². The number of amides is 1. The molecule has 0 fully saturated rings. The summed E-state index contributed by atoms with van der Waals surface area (Å²) >= 11 is 0. The molecule has 7 nitrogen and oxygen atoms in total. The number of nitrogens with one attached hydrogen (secondary N) is 1. The molecule has 4 atom stereocenters. The molecule has 1 amide bonds. The van der Waals surface area contributed by atoms with E-state index in [-0.39, 0.29) is 11.8 Å². The first-order valence-electron chi connectivity index (χ1n) is 5.97. The third-order valence-electron chi connectivity index (χ3n) is 2.78. The van der Waals surface area contributed by atoms with Crippen LogP contribution in [0.1, 0.15) is 10.4 Å². The standard InChI is InChI=1S/C13H17NO6/c15-6-9(11(18)12(19)10(17)7-16)14-13(20)8-4-2-1-3-5-8/h1-6,9-12,16-19H,7H2,(H,14,20)/t9-,10+,11-,12+/m0/s1. The molecule has 5 N–H and O–H groups in total. The van der Waals surface area contributed by atoms with Crippen molar-refractivity contribution in [3.8, 4) is 0 Å². The van der Waals surface area contributed by atoms with Crippen LogP contribution in [0.4, 0.5) is 0 Å². The van der Waals surface area contributed by atoms with Crippen LogP contribution in [-0.2, 0) is 4.79 Å². The van der Waals surface area contributed by atoms with Gasteiger partial charge >= 0.3 is 0 Å². The molecule has 0 aliphatic rings. The molecule has 20 heavy (non-hydrogen) atoms. The molecule has 0 saturated heterocycles. The highest BCUT2D eigenvalue weighted by Crippen LogP contribution is 2.05. The lowest BCUT2D eigenvalue weighted by atomic mass is 10.0. The number of benzene rings is 1. The zero-order chi connectivity index (χ0) is 15.1. The number of carbonyl (C=O) groups excluding carboxylic acids is 2. The van der Waals surface area contributed by atoms with Crippen LogP contribution >= 0.6 is 0 Å². The van der Waals surface area contributed by atoms with Crippen molar-refractivity contribution in [1.82, 2.24) is 5.32 Å². The van der Waals surface area contributed by atoms with Gasteiger partial charge in [-0.1, -0.05) is 18.2 Å². The summed E-state index contributed by atoms with van der Waals surface area (Å²) in [6, 6.07) is 6.60. The smallest absolute Gasteiger partial charge is 0.251 e. The first-order chi connectivity index (χ1) is 9.51. The molecule has 0 radical (unpaired) electrons. The fourth-order valence-electron chi connectivity index (χ4n) is 1.57. The van der Waals surface area contributed by atoms with Crippen molar-refractivity contribution in [3.63, 3.8) is 0 Å². The van der Waals surface area contributed by atoms with Crippen LogP contribution in [0.5, 0.6) is 0 Å². The molecule has 110 valence electrons. The number of carbonyl (C=O) groups is 2. The van der Waals surface area contributed by atoms with Gasteiger partial charge in [0.25, 0.3) is 5.91 Å². The zero-order valence-corrected chi connectivity index (χ0v) is 10.6. The van der Waals surface area contributed by atoms with Gasteiger partial charge in [-0.05, 0) is 12.1 Å². The van der Waals surface area contributed by atoms with Crippen molar-refractivity contribution in [2.24, 2.45) is 0 Å². The molecule has 0 spiro atoms. The maximum atomic E-state index is 11.8. The maximum Gasteiger partial charge on any atom is 0.251 e. The van der Waals surface area contributed by atoms with Gasteiger partial charge in [0.1, 0.15) is 30.6 Å². The van der Waals surface area contributed by atoms with Crippen molar-refractivity contribution >= 4 is 12.2 Å². The average Bonchev–Trinajstić information content (AvgIpc) is 2.50. The van der Waals surface area contributed by atoms with Gasteiger partial charge in [-0.3, -0.25) is 4.79 Å².